The molecule has 2 aromatic carbocycles. The number of hydrogen-bond donors (Lipinski definition) is 3. The first-order valence-electron chi connectivity index (χ1n) is 13.4. The number of halogens is 4. The maximum Gasteiger partial charge on any atom is 0.429 e. The van der Waals surface area contributed by atoms with Gasteiger partial charge in [-0.1, -0.05) is 48.9 Å². The molecule has 218 valence electrons. The first-order chi connectivity index (χ1) is 19.5. The fourth-order valence-electron chi connectivity index (χ4n) is 5.73. The number of alkyl halides is 3. The van der Waals surface area contributed by atoms with Gasteiger partial charge in [0.1, 0.15) is 11.9 Å². The molecule has 0 bridgehead atoms. The minimum Gasteiger partial charge on any atom is -0.480 e. The molecule has 8 nitrogen and oxygen atoms in total. The van der Waals surface area contributed by atoms with Crippen LogP contribution in [0.2, 0.25) is 5.02 Å². The van der Waals surface area contributed by atoms with Crippen LogP contribution in [0.3, 0.4) is 0 Å². The number of carboxylic acids is 1. The highest BCUT2D eigenvalue weighted by Crippen LogP contribution is 2.43. The highest BCUT2D eigenvalue weighted by molar-refractivity contribution is 6.30. The molecule has 0 radical (unpaired) electrons. The summed E-state index contributed by atoms with van der Waals surface area (Å²) in [5.74, 6) is -1.02. The Kier molecular flexibility index (Phi) is 8.02. The zero-order valence-corrected chi connectivity index (χ0v) is 23.2. The first kappa shape index (κ1) is 28.9. The van der Waals surface area contributed by atoms with E-state index < -0.39 is 24.3 Å². The summed E-state index contributed by atoms with van der Waals surface area (Å²) in [6.45, 7) is 3.66. The summed E-state index contributed by atoms with van der Waals surface area (Å²) < 4.78 is 49.2. The van der Waals surface area contributed by atoms with Crippen molar-refractivity contribution in [3.63, 3.8) is 0 Å². The Bertz CT molecular complexity index is 1430. The molecule has 5 rings (SSSR count). The summed E-state index contributed by atoms with van der Waals surface area (Å²) in [6, 6.07) is 12.3. The van der Waals surface area contributed by atoms with E-state index in [0.29, 0.717) is 60.9 Å². The molecule has 1 aromatic heterocycles. The molecule has 2 aliphatic rings. The Morgan fingerprint density at radius 2 is 1.98 bits per heavy atom. The van der Waals surface area contributed by atoms with Crippen LogP contribution >= 0.6 is 11.6 Å². The number of carboxylic acid groups (broad SMARTS) is 1. The summed E-state index contributed by atoms with van der Waals surface area (Å²) >= 11 is 6.22. The van der Waals surface area contributed by atoms with E-state index in [9.17, 15) is 23.1 Å². The van der Waals surface area contributed by atoms with Crippen molar-refractivity contribution >= 4 is 29.3 Å². The summed E-state index contributed by atoms with van der Waals surface area (Å²) in [7, 11) is 0. The van der Waals surface area contributed by atoms with E-state index in [1.165, 1.54) is 24.3 Å². The molecule has 1 spiro atoms. The van der Waals surface area contributed by atoms with Gasteiger partial charge in [0.2, 0.25) is 17.9 Å². The molecule has 2 aliphatic heterocycles. The number of aryl methyl sites for hydroxylation is 1. The number of aromatic nitrogens is 2. The summed E-state index contributed by atoms with van der Waals surface area (Å²) in [6.07, 6.45) is -4.45. The van der Waals surface area contributed by atoms with E-state index in [1.54, 1.807) is 12.1 Å². The molecular formula is C29H31ClF3N5O3. The van der Waals surface area contributed by atoms with Gasteiger partial charge in [-0.05, 0) is 59.9 Å². The van der Waals surface area contributed by atoms with Crippen molar-refractivity contribution in [2.45, 2.75) is 50.9 Å². The van der Waals surface area contributed by atoms with Crippen molar-refractivity contribution < 1.29 is 27.8 Å². The third-order valence-corrected chi connectivity index (χ3v) is 8.23. The predicted molar refractivity (Wildman–Crippen MR) is 150 cm³/mol. The van der Waals surface area contributed by atoms with Gasteiger partial charge < -0.3 is 25.8 Å². The topological polar surface area (TPSA) is 114 Å². The summed E-state index contributed by atoms with van der Waals surface area (Å²) in [5, 5.41) is 12.7. The molecule has 2 fully saturated rings. The highest BCUT2D eigenvalue weighted by Gasteiger charge is 2.46. The molecule has 1 unspecified atom stereocenters. The number of benzene rings is 2. The zero-order chi connectivity index (χ0) is 29.4. The Balaban J connectivity index is 1.42. The molecule has 4 N–H and O–H groups in total. The lowest BCUT2D eigenvalue weighted by Crippen LogP contribution is -2.41. The zero-order valence-electron chi connectivity index (χ0n) is 22.4. The molecule has 0 saturated carbocycles. The maximum absolute atomic E-state index is 14.6. The Morgan fingerprint density at radius 3 is 2.63 bits per heavy atom. The largest absolute Gasteiger partial charge is 0.480 e. The van der Waals surface area contributed by atoms with Gasteiger partial charge in [-0.15, -0.1) is 0 Å². The van der Waals surface area contributed by atoms with Crippen molar-refractivity contribution in [2.75, 3.05) is 30.3 Å². The number of nitrogens with one attached hydrogen (secondary N) is 1. The van der Waals surface area contributed by atoms with Crippen molar-refractivity contribution in [3.05, 3.63) is 64.7 Å². The van der Waals surface area contributed by atoms with Crippen LogP contribution in [0.15, 0.2) is 48.5 Å². The van der Waals surface area contributed by atoms with Gasteiger partial charge in [0.15, 0.2) is 0 Å². The van der Waals surface area contributed by atoms with Crippen molar-refractivity contribution in [2.24, 2.45) is 5.41 Å². The van der Waals surface area contributed by atoms with E-state index in [1.807, 2.05) is 24.0 Å². The maximum atomic E-state index is 14.6. The third kappa shape index (κ3) is 6.36. The second kappa shape index (κ2) is 11.4. The van der Waals surface area contributed by atoms with Gasteiger partial charge in [-0.25, -0.2) is 0 Å². The standard InChI is InChI=1S/C29H31ClF3N5O3/c1-2-17-4-3-5-18(12-17)21-13-19(30)6-7-20(21)25(29(31,32)33)41-24-14-23(36-27(34)37-24)38-10-8-28(9-11-38)15-22(26(39)40)35-16-28/h3-7,12-14,22,25,35H,2,8-11,15-16H2,1H3,(H,39,40)(H2,34,36,37)/t22-,25?/m0/s1. The molecule has 12 heteroatoms. The minimum absolute atomic E-state index is 0.101. The number of hydrogen-bond acceptors (Lipinski definition) is 7. The van der Waals surface area contributed by atoms with Gasteiger partial charge >= 0.3 is 12.1 Å². The second-order valence-corrected chi connectivity index (χ2v) is 11.1. The molecule has 3 heterocycles. The Hall–Kier alpha value is -3.57. The van der Waals surface area contributed by atoms with Gasteiger partial charge in [-0.2, -0.15) is 23.1 Å². The lowest BCUT2D eigenvalue weighted by molar-refractivity contribution is -0.198. The van der Waals surface area contributed by atoms with Crippen LogP contribution in [-0.4, -0.2) is 52.9 Å². The lowest BCUT2D eigenvalue weighted by atomic mass is 9.76. The first-order valence-corrected chi connectivity index (χ1v) is 13.8. The van der Waals surface area contributed by atoms with E-state index >= 15 is 0 Å². The van der Waals surface area contributed by atoms with Crippen LogP contribution in [0, 0.1) is 5.41 Å². The number of aliphatic carboxylic acids is 1. The van der Waals surface area contributed by atoms with E-state index in [-0.39, 0.29) is 22.8 Å². The van der Waals surface area contributed by atoms with Gasteiger partial charge in [0.05, 0.1) is 0 Å². The van der Waals surface area contributed by atoms with Crippen LogP contribution < -0.4 is 20.7 Å². The number of ether oxygens (including phenoxy) is 1. The number of nitrogen functional groups attached to an aromatic ring is 1. The quantitative estimate of drug-likeness (QED) is 0.324. The number of carbonyl (C=O) groups is 1. The average Bonchev–Trinajstić information content (AvgIpc) is 3.35. The predicted octanol–water partition coefficient (Wildman–Crippen LogP) is 5.66. The Morgan fingerprint density at radius 1 is 1.22 bits per heavy atom. The molecule has 3 aromatic rings. The minimum atomic E-state index is -4.78. The molecule has 41 heavy (non-hydrogen) atoms. The van der Waals surface area contributed by atoms with Crippen molar-refractivity contribution in [1.82, 2.24) is 15.3 Å². The van der Waals surface area contributed by atoms with Crippen LogP contribution in [0.4, 0.5) is 24.9 Å². The van der Waals surface area contributed by atoms with E-state index in [0.717, 1.165) is 12.0 Å². The van der Waals surface area contributed by atoms with Gasteiger partial charge in [0, 0.05) is 36.3 Å². The normalized spacial score (nSPS) is 19.3. The molecule has 0 amide bonds. The Labute approximate surface area is 240 Å². The third-order valence-electron chi connectivity index (χ3n) is 7.99. The number of anilines is 2. The number of nitrogens with zero attached hydrogens (tertiary/aromatic N) is 3. The second-order valence-electron chi connectivity index (χ2n) is 10.7. The fraction of sp³-hybridized carbons (Fsp3) is 0.414. The highest BCUT2D eigenvalue weighted by atomic mass is 35.5. The molecule has 2 saturated heterocycles. The van der Waals surface area contributed by atoms with Crippen LogP contribution in [0.1, 0.15) is 43.4 Å². The van der Waals surface area contributed by atoms with E-state index in [4.69, 9.17) is 22.1 Å². The molecular weight excluding hydrogens is 559 g/mol. The van der Waals surface area contributed by atoms with Crippen molar-refractivity contribution in [1.29, 1.82) is 0 Å². The van der Waals surface area contributed by atoms with Crippen LogP contribution in [0.5, 0.6) is 5.88 Å². The number of nitrogens with two attached hydrogens (primary N) is 1. The average molecular weight is 590 g/mol. The van der Waals surface area contributed by atoms with Crippen LogP contribution in [-0.2, 0) is 11.2 Å². The molecule has 2 atom stereocenters. The molecule has 0 aliphatic carbocycles. The van der Waals surface area contributed by atoms with Gasteiger partial charge in [0.25, 0.3) is 0 Å². The smallest absolute Gasteiger partial charge is 0.429 e. The number of rotatable bonds is 7. The van der Waals surface area contributed by atoms with Crippen LogP contribution in [0.25, 0.3) is 11.1 Å². The SMILES string of the molecule is CCc1cccc(-c2cc(Cl)ccc2C(Oc2cc(N3CCC4(CC3)CN[C@H](C(=O)O)C4)nc(N)n2)C(F)(F)F)c1. The lowest BCUT2D eigenvalue weighted by Gasteiger charge is -2.39. The van der Waals surface area contributed by atoms with E-state index in [2.05, 4.69) is 15.3 Å². The summed E-state index contributed by atoms with van der Waals surface area (Å²) in [5.41, 5.74) is 7.56. The van der Waals surface area contributed by atoms with Gasteiger partial charge in [-0.3, -0.25) is 4.79 Å². The fourth-order valence-corrected chi connectivity index (χ4v) is 5.90. The number of piperidine rings is 1. The summed E-state index contributed by atoms with van der Waals surface area (Å²) in [4.78, 5) is 21.5. The van der Waals surface area contributed by atoms with Crippen molar-refractivity contribution in [3.8, 4) is 17.0 Å². The monoisotopic (exact) mass is 589 g/mol.